The molecule has 3 N–H and O–H groups in total. The number of hydrogen-bond donors (Lipinski definition) is 2. The van der Waals surface area contributed by atoms with Crippen LogP contribution in [0.1, 0.15) is 44.2 Å². The van der Waals surface area contributed by atoms with E-state index in [-0.39, 0.29) is 23.5 Å². The second-order valence-electron chi connectivity index (χ2n) is 8.72. The first-order valence-electron chi connectivity index (χ1n) is 9.41. The molecule has 2 atom stereocenters. The summed E-state index contributed by atoms with van der Waals surface area (Å²) in [7, 11) is 0. The normalized spacial score (nSPS) is 35.0. The molecule has 138 valence electrons. The topological polar surface area (TPSA) is 104 Å². The van der Waals surface area contributed by atoms with E-state index in [1.807, 2.05) is 13.3 Å². The molecule has 26 heavy (non-hydrogen) atoms. The van der Waals surface area contributed by atoms with Gasteiger partial charge in [0, 0.05) is 11.6 Å². The van der Waals surface area contributed by atoms with E-state index in [9.17, 15) is 4.79 Å². The van der Waals surface area contributed by atoms with Gasteiger partial charge in [0.2, 0.25) is 5.91 Å². The van der Waals surface area contributed by atoms with Gasteiger partial charge >= 0.3 is 0 Å². The maximum Gasteiger partial charge on any atom is 0.242 e. The van der Waals surface area contributed by atoms with Crippen molar-refractivity contribution < 1.29 is 4.79 Å². The highest BCUT2D eigenvalue weighted by atomic mass is 16.2. The summed E-state index contributed by atoms with van der Waals surface area (Å²) in [4.78, 5) is 17.0. The van der Waals surface area contributed by atoms with E-state index in [4.69, 9.17) is 5.73 Å². The van der Waals surface area contributed by atoms with Crippen LogP contribution in [-0.2, 0) is 16.9 Å². The predicted octanol–water partition coefficient (Wildman–Crippen LogP) is 1.23. The predicted molar refractivity (Wildman–Crippen MR) is 94.9 cm³/mol. The molecule has 6 rings (SSSR count). The number of rotatable bonds is 4. The van der Waals surface area contributed by atoms with Gasteiger partial charge in [-0.2, -0.15) is 10.2 Å². The first-order valence-corrected chi connectivity index (χ1v) is 9.41. The van der Waals surface area contributed by atoms with Gasteiger partial charge in [-0.25, -0.2) is 14.3 Å². The zero-order valence-corrected chi connectivity index (χ0v) is 15.1. The lowest BCUT2D eigenvalue weighted by Gasteiger charge is -2.61. The van der Waals surface area contributed by atoms with E-state index in [2.05, 4.69) is 25.2 Å². The van der Waals surface area contributed by atoms with Gasteiger partial charge in [-0.3, -0.25) is 4.79 Å². The molecular weight excluding hydrogens is 330 g/mol. The number of nitrogens with two attached hydrogens (primary N) is 1. The van der Waals surface area contributed by atoms with Crippen molar-refractivity contribution in [3.8, 4) is 0 Å². The van der Waals surface area contributed by atoms with Gasteiger partial charge in [-0.05, 0) is 57.3 Å². The number of aryl methyl sites for hydroxylation is 1. The number of nitrogen functional groups attached to an aromatic ring is 1. The average molecular weight is 355 g/mol. The molecule has 4 aliphatic rings. The van der Waals surface area contributed by atoms with Crippen molar-refractivity contribution in [2.75, 3.05) is 5.73 Å². The van der Waals surface area contributed by atoms with Crippen LogP contribution >= 0.6 is 0 Å². The van der Waals surface area contributed by atoms with Gasteiger partial charge < -0.3 is 11.1 Å². The lowest BCUT2D eigenvalue weighted by Crippen LogP contribution is -2.66. The number of nitrogens with one attached hydrogen (secondary N) is 1. The minimum Gasteiger partial charge on any atom is -0.384 e. The number of carbonyl (C=O) groups excluding carboxylic acids is 1. The van der Waals surface area contributed by atoms with Crippen LogP contribution in [0.25, 0.3) is 0 Å². The van der Waals surface area contributed by atoms with Crippen LogP contribution in [0.15, 0.2) is 18.7 Å². The van der Waals surface area contributed by atoms with Gasteiger partial charge in [0.25, 0.3) is 0 Å². The van der Waals surface area contributed by atoms with Crippen molar-refractivity contribution in [1.82, 2.24) is 29.9 Å². The van der Waals surface area contributed by atoms with Crippen molar-refractivity contribution in [3.05, 3.63) is 24.4 Å². The number of hydrogen-bond acceptors (Lipinski definition) is 5. The molecule has 8 heteroatoms. The second kappa shape index (κ2) is 5.31. The Balaban J connectivity index is 1.38. The summed E-state index contributed by atoms with van der Waals surface area (Å²) < 4.78 is 3.64. The third-order valence-electron chi connectivity index (χ3n) is 6.57. The monoisotopic (exact) mass is 355 g/mol. The summed E-state index contributed by atoms with van der Waals surface area (Å²) in [5.74, 6) is 1.83. The van der Waals surface area contributed by atoms with Gasteiger partial charge in [0.05, 0.1) is 11.2 Å². The van der Waals surface area contributed by atoms with Crippen LogP contribution in [0.3, 0.4) is 0 Å². The Hall–Kier alpha value is -2.38. The summed E-state index contributed by atoms with van der Waals surface area (Å²) in [5.41, 5.74) is 6.64. The van der Waals surface area contributed by atoms with Gasteiger partial charge in [0.1, 0.15) is 25.0 Å². The fourth-order valence-corrected chi connectivity index (χ4v) is 6.25. The largest absolute Gasteiger partial charge is 0.384 e. The fourth-order valence-electron chi connectivity index (χ4n) is 6.25. The van der Waals surface area contributed by atoms with Crippen LogP contribution in [0.5, 0.6) is 0 Å². The highest BCUT2D eigenvalue weighted by Gasteiger charge is 2.59. The molecule has 2 aromatic heterocycles. The molecule has 2 aromatic rings. The molecule has 1 amide bonds. The maximum absolute atomic E-state index is 12.8. The maximum atomic E-state index is 12.8. The van der Waals surface area contributed by atoms with Gasteiger partial charge in [0.15, 0.2) is 0 Å². The number of carbonyl (C=O) groups is 1. The molecule has 4 aliphatic carbocycles. The highest BCUT2D eigenvalue weighted by molar-refractivity contribution is 5.77. The van der Waals surface area contributed by atoms with E-state index in [0.29, 0.717) is 17.7 Å². The number of anilines is 1. The summed E-state index contributed by atoms with van der Waals surface area (Å²) in [6.07, 6.45) is 10.1. The zero-order chi connectivity index (χ0) is 17.9. The van der Waals surface area contributed by atoms with Crippen molar-refractivity contribution in [3.63, 3.8) is 0 Å². The number of amides is 1. The highest BCUT2D eigenvalue weighted by Crippen LogP contribution is 2.60. The van der Waals surface area contributed by atoms with E-state index >= 15 is 0 Å². The number of aromatic nitrogens is 5. The van der Waals surface area contributed by atoms with Crippen molar-refractivity contribution in [2.45, 2.75) is 63.1 Å². The molecule has 0 saturated heterocycles. The summed E-state index contributed by atoms with van der Waals surface area (Å²) in [6, 6.07) is 1.79. The third kappa shape index (κ3) is 2.42. The molecule has 0 aliphatic heterocycles. The smallest absolute Gasteiger partial charge is 0.242 e. The molecule has 0 radical (unpaired) electrons. The standard InChI is InChI=1S/C18H25N7O/c1-12-2-15(19)24(23-12)8-16(26)22-17-4-13-3-14(5-17)7-18(6-13,9-17)25-11-20-10-21-25/h2,10-11,13-14H,3-9,19H2,1H3,(H,22,26). The molecule has 8 nitrogen and oxygen atoms in total. The average Bonchev–Trinajstić information content (AvgIpc) is 3.16. The Morgan fingerprint density at radius 1 is 1.35 bits per heavy atom. The SMILES string of the molecule is Cc1cc(N)n(CC(=O)NC23CC4CC(C2)CC(n2cncn2)(C4)C3)n1. The van der Waals surface area contributed by atoms with Crippen molar-refractivity contribution >= 4 is 11.7 Å². The lowest BCUT2D eigenvalue weighted by molar-refractivity contribution is -0.131. The van der Waals surface area contributed by atoms with Gasteiger partial charge in [-0.1, -0.05) is 0 Å². The van der Waals surface area contributed by atoms with E-state index < -0.39 is 0 Å². The molecular formula is C18H25N7O. The first kappa shape index (κ1) is 15.8. The van der Waals surface area contributed by atoms with Crippen LogP contribution in [0, 0.1) is 18.8 Å². The Labute approximate surface area is 152 Å². The third-order valence-corrected chi connectivity index (χ3v) is 6.57. The van der Waals surface area contributed by atoms with Crippen LogP contribution in [-0.4, -0.2) is 36.0 Å². The fraction of sp³-hybridized carbons (Fsp3) is 0.667. The summed E-state index contributed by atoms with van der Waals surface area (Å²) >= 11 is 0. The number of nitrogens with zero attached hydrogens (tertiary/aromatic N) is 5. The molecule has 4 fully saturated rings. The van der Waals surface area contributed by atoms with Crippen molar-refractivity contribution in [1.29, 1.82) is 0 Å². The molecule has 4 bridgehead atoms. The first-order chi connectivity index (χ1) is 12.5. The quantitative estimate of drug-likeness (QED) is 0.858. The molecule has 2 unspecified atom stereocenters. The molecule has 0 aromatic carbocycles. The van der Waals surface area contributed by atoms with Crippen LogP contribution < -0.4 is 11.1 Å². The molecule has 0 spiro atoms. The Morgan fingerprint density at radius 2 is 2.12 bits per heavy atom. The van der Waals surface area contributed by atoms with Crippen LogP contribution in [0.2, 0.25) is 0 Å². The van der Waals surface area contributed by atoms with Gasteiger partial charge in [-0.15, -0.1) is 0 Å². The van der Waals surface area contributed by atoms with E-state index in [1.165, 1.54) is 6.42 Å². The summed E-state index contributed by atoms with van der Waals surface area (Å²) in [6.45, 7) is 2.05. The Morgan fingerprint density at radius 3 is 2.73 bits per heavy atom. The lowest BCUT2D eigenvalue weighted by atomic mass is 9.50. The van der Waals surface area contributed by atoms with Crippen LogP contribution in [0.4, 0.5) is 5.82 Å². The zero-order valence-electron chi connectivity index (χ0n) is 15.1. The second-order valence-corrected chi connectivity index (χ2v) is 8.72. The van der Waals surface area contributed by atoms with Crippen molar-refractivity contribution in [2.24, 2.45) is 11.8 Å². The minimum atomic E-state index is -0.135. The molecule has 2 heterocycles. The van der Waals surface area contributed by atoms with E-state index in [1.54, 1.807) is 17.1 Å². The molecule has 4 saturated carbocycles. The summed E-state index contributed by atoms with van der Waals surface area (Å²) in [5, 5.41) is 12.1. The van der Waals surface area contributed by atoms with E-state index in [0.717, 1.165) is 37.8 Å². The minimum absolute atomic E-state index is 0.00418. The Bertz CT molecular complexity index is 826. The Kier molecular flexibility index (Phi) is 3.24.